The predicted octanol–water partition coefficient (Wildman–Crippen LogP) is 2.40. The van der Waals surface area contributed by atoms with E-state index in [0.717, 1.165) is 0 Å². The molecule has 1 aromatic heterocycles. The topological polar surface area (TPSA) is 95.3 Å². The van der Waals surface area contributed by atoms with Gasteiger partial charge in [-0.15, -0.1) is 0 Å². The number of esters is 1. The second-order valence-electron chi connectivity index (χ2n) is 6.57. The van der Waals surface area contributed by atoms with Gasteiger partial charge in [-0.1, -0.05) is 12.1 Å². The number of rotatable bonds is 5. The van der Waals surface area contributed by atoms with E-state index in [2.05, 4.69) is 10.3 Å². The predicted molar refractivity (Wildman–Crippen MR) is 98.9 cm³/mol. The van der Waals surface area contributed by atoms with E-state index in [-0.39, 0.29) is 35.3 Å². The summed E-state index contributed by atoms with van der Waals surface area (Å²) < 4.78 is 18.0. The number of nitrogens with zero attached hydrogens (tertiary/aromatic N) is 3. The van der Waals surface area contributed by atoms with Crippen LogP contribution in [0.5, 0.6) is 0 Å². The van der Waals surface area contributed by atoms with Crippen LogP contribution in [0.2, 0.25) is 0 Å². The van der Waals surface area contributed by atoms with Gasteiger partial charge in [-0.05, 0) is 30.7 Å². The van der Waals surface area contributed by atoms with Crippen molar-refractivity contribution >= 4 is 17.7 Å². The van der Waals surface area contributed by atoms with E-state index in [1.54, 1.807) is 24.0 Å². The zero-order chi connectivity index (χ0) is 20.3. The molecule has 1 aliphatic rings. The van der Waals surface area contributed by atoms with Crippen LogP contribution in [0.1, 0.15) is 33.6 Å². The first-order chi connectivity index (χ1) is 13.4. The third kappa shape index (κ3) is 4.09. The molecule has 28 heavy (non-hydrogen) atoms. The first kappa shape index (κ1) is 19.3. The molecule has 1 N–H and O–H groups in total. The molecule has 1 amide bonds. The summed E-state index contributed by atoms with van der Waals surface area (Å²) in [5.74, 6) is -0.658. The molecule has 144 valence electrons. The number of amides is 1. The molecule has 2 aromatic rings. The SMILES string of the molecule is COC(=O)c1cc(C#N)c(NC2CC(=O)N(Cc3cccc(F)c3)C2)nc1C. The van der Waals surface area contributed by atoms with Crippen LogP contribution in [-0.2, 0) is 16.1 Å². The summed E-state index contributed by atoms with van der Waals surface area (Å²) in [7, 11) is 1.26. The van der Waals surface area contributed by atoms with Crippen molar-refractivity contribution in [2.45, 2.75) is 25.9 Å². The molecular formula is C20H19FN4O3. The number of pyridine rings is 1. The minimum Gasteiger partial charge on any atom is -0.465 e. The molecule has 1 unspecified atom stereocenters. The molecule has 1 saturated heterocycles. The highest BCUT2D eigenvalue weighted by Crippen LogP contribution is 2.22. The van der Waals surface area contributed by atoms with Crippen molar-refractivity contribution in [3.05, 3.63) is 58.5 Å². The summed E-state index contributed by atoms with van der Waals surface area (Å²) in [6, 6.07) is 9.32. The van der Waals surface area contributed by atoms with Crippen molar-refractivity contribution in [2.24, 2.45) is 0 Å². The Bertz CT molecular complexity index is 970. The lowest BCUT2D eigenvalue weighted by Gasteiger charge is -2.18. The van der Waals surface area contributed by atoms with Crippen LogP contribution in [-0.4, -0.2) is 41.5 Å². The summed E-state index contributed by atoms with van der Waals surface area (Å²) in [5.41, 5.74) is 1.55. The highest BCUT2D eigenvalue weighted by molar-refractivity contribution is 5.91. The fraction of sp³-hybridized carbons (Fsp3) is 0.300. The molecule has 1 atom stereocenters. The number of methoxy groups -OCH3 is 1. The van der Waals surface area contributed by atoms with E-state index < -0.39 is 5.97 Å². The zero-order valence-electron chi connectivity index (χ0n) is 15.5. The maximum absolute atomic E-state index is 13.4. The van der Waals surface area contributed by atoms with Crippen molar-refractivity contribution in [3.8, 4) is 6.07 Å². The number of nitrogens with one attached hydrogen (secondary N) is 1. The van der Waals surface area contributed by atoms with Gasteiger partial charge in [-0.3, -0.25) is 4.79 Å². The standard InChI is InChI=1S/C20H19FN4O3/c1-12-17(20(27)28-2)7-14(9-22)19(23-12)24-16-8-18(26)25(11-16)10-13-4-3-5-15(21)6-13/h3-7,16H,8,10-11H2,1-2H3,(H,23,24). The number of carbonyl (C=O) groups is 2. The minimum absolute atomic E-state index is 0.0665. The Balaban J connectivity index is 1.74. The van der Waals surface area contributed by atoms with Crippen LogP contribution in [0, 0.1) is 24.1 Å². The Morgan fingerprint density at radius 1 is 1.46 bits per heavy atom. The van der Waals surface area contributed by atoms with E-state index >= 15 is 0 Å². The number of aromatic nitrogens is 1. The van der Waals surface area contributed by atoms with Crippen molar-refractivity contribution in [2.75, 3.05) is 19.0 Å². The Labute approximate surface area is 161 Å². The Morgan fingerprint density at radius 3 is 2.93 bits per heavy atom. The average molecular weight is 382 g/mol. The molecule has 0 spiro atoms. The van der Waals surface area contributed by atoms with Crippen molar-refractivity contribution in [3.63, 3.8) is 0 Å². The molecule has 7 nitrogen and oxygen atoms in total. The van der Waals surface area contributed by atoms with Gasteiger partial charge in [0.15, 0.2) is 0 Å². The van der Waals surface area contributed by atoms with Crippen LogP contribution in [0.3, 0.4) is 0 Å². The third-order valence-corrected chi connectivity index (χ3v) is 4.56. The minimum atomic E-state index is -0.564. The summed E-state index contributed by atoms with van der Waals surface area (Å²) in [5, 5.41) is 12.5. The molecule has 0 radical (unpaired) electrons. The lowest BCUT2D eigenvalue weighted by Crippen LogP contribution is -2.28. The van der Waals surface area contributed by atoms with Gasteiger partial charge >= 0.3 is 5.97 Å². The van der Waals surface area contributed by atoms with E-state index in [9.17, 15) is 19.2 Å². The maximum Gasteiger partial charge on any atom is 0.339 e. The van der Waals surface area contributed by atoms with Gasteiger partial charge in [0.05, 0.1) is 30.0 Å². The number of hydrogen-bond donors (Lipinski definition) is 1. The molecule has 3 rings (SSSR count). The number of carbonyl (C=O) groups excluding carboxylic acids is 2. The molecule has 0 bridgehead atoms. The lowest BCUT2D eigenvalue weighted by molar-refractivity contribution is -0.128. The van der Waals surface area contributed by atoms with E-state index in [0.29, 0.717) is 30.2 Å². The monoisotopic (exact) mass is 382 g/mol. The van der Waals surface area contributed by atoms with Crippen molar-refractivity contribution in [1.29, 1.82) is 5.26 Å². The number of nitriles is 1. The number of benzene rings is 1. The highest BCUT2D eigenvalue weighted by Gasteiger charge is 2.30. The largest absolute Gasteiger partial charge is 0.465 e. The summed E-state index contributed by atoms with van der Waals surface area (Å²) >= 11 is 0. The first-order valence-corrected chi connectivity index (χ1v) is 8.70. The van der Waals surface area contributed by atoms with Crippen molar-refractivity contribution in [1.82, 2.24) is 9.88 Å². The molecule has 1 aromatic carbocycles. The highest BCUT2D eigenvalue weighted by atomic mass is 19.1. The lowest BCUT2D eigenvalue weighted by atomic mass is 10.1. The van der Waals surface area contributed by atoms with Gasteiger partial charge in [0.1, 0.15) is 17.7 Å². The zero-order valence-corrected chi connectivity index (χ0v) is 15.5. The van der Waals surface area contributed by atoms with Crippen LogP contribution in [0.4, 0.5) is 10.2 Å². The van der Waals surface area contributed by atoms with Crippen LogP contribution >= 0.6 is 0 Å². The second kappa shape index (κ2) is 8.05. The Kier molecular flexibility index (Phi) is 5.54. The second-order valence-corrected chi connectivity index (χ2v) is 6.57. The fourth-order valence-corrected chi connectivity index (χ4v) is 3.19. The number of anilines is 1. The summed E-state index contributed by atoms with van der Waals surface area (Å²) in [4.78, 5) is 30.0. The van der Waals surface area contributed by atoms with Crippen LogP contribution < -0.4 is 5.32 Å². The van der Waals surface area contributed by atoms with Crippen LogP contribution in [0.25, 0.3) is 0 Å². The van der Waals surface area contributed by atoms with E-state index in [1.165, 1.54) is 25.3 Å². The Morgan fingerprint density at radius 2 is 2.25 bits per heavy atom. The summed E-state index contributed by atoms with van der Waals surface area (Å²) in [6.45, 7) is 2.36. The average Bonchev–Trinajstić information content (AvgIpc) is 3.00. The molecule has 2 heterocycles. The Hall–Kier alpha value is -3.47. The van der Waals surface area contributed by atoms with Crippen molar-refractivity contribution < 1.29 is 18.7 Å². The van der Waals surface area contributed by atoms with E-state index in [1.807, 2.05) is 6.07 Å². The van der Waals surface area contributed by atoms with Gasteiger partial charge in [-0.2, -0.15) is 5.26 Å². The molecule has 8 heteroatoms. The number of halogens is 1. The molecular weight excluding hydrogens is 363 g/mol. The fourth-order valence-electron chi connectivity index (χ4n) is 3.19. The number of ether oxygens (including phenoxy) is 1. The van der Waals surface area contributed by atoms with Gasteiger partial charge in [0.25, 0.3) is 0 Å². The van der Waals surface area contributed by atoms with Gasteiger partial charge < -0.3 is 15.0 Å². The van der Waals surface area contributed by atoms with E-state index in [4.69, 9.17) is 4.74 Å². The third-order valence-electron chi connectivity index (χ3n) is 4.56. The molecule has 0 aliphatic carbocycles. The smallest absolute Gasteiger partial charge is 0.339 e. The first-order valence-electron chi connectivity index (χ1n) is 8.70. The normalized spacial score (nSPS) is 16.0. The molecule has 1 aliphatic heterocycles. The molecule has 1 fully saturated rings. The maximum atomic E-state index is 13.4. The van der Waals surface area contributed by atoms with Gasteiger partial charge in [0.2, 0.25) is 5.91 Å². The quantitative estimate of drug-likeness (QED) is 0.798. The number of likely N-dealkylation sites (tertiary alicyclic amines) is 1. The number of aryl methyl sites for hydroxylation is 1. The summed E-state index contributed by atoms with van der Waals surface area (Å²) in [6.07, 6.45) is 0.236. The molecule has 0 saturated carbocycles. The number of hydrogen-bond acceptors (Lipinski definition) is 6. The van der Waals surface area contributed by atoms with Gasteiger partial charge in [0, 0.05) is 19.5 Å². The van der Waals surface area contributed by atoms with Gasteiger partial charge in [-0.25, -0.2) is 14.2 Å². The van der Waals surface area contributed by atoms with Crippen LogP contribution in [0.15, 0.2) is 30.3 Å².